The van der Waals surface area contributed by atoms with Crippen molar-refractivity contribution in [2.45, 2.75) is 18.9 Å². The molecule has 0 radical (unpaired) electrons. The third kappa shape index (κ3) is 1.71. The molecule has 70 valence electrons. The molecule has 2 heterocycles. The molecule has 0 bridgehead atoms. The zero-order valence-corrected chi connectivity index (χ0v) is 7.90. The van der Waals surface area contributed by atoms with Crippen LogP contribution >= 0.6 is 0 Å². The summed E-state index contributed by atoms with van der Waals surface area (Å²) in [6, 6.07) is 4.66. The third-order valence-electron chi connectivity index (χ3n) is 2.61. The number of pyridine rings is 1. The largest absolute Gasteiger partial charge is 0.264 e. The van der Waals surface area contributed by atoms with Gasteiger partial charge in [-0.3, -0.25) is 10.4 Å². The smallest absolute Gasteiger partial charge is 0.0508 e. The van der Waals surface area contributed by atoms with Gasteiger partial charge in [0.05, 0.1) is 6.04 Å². The van der Waals surface area contributed by atoms with Crippen LogP contribution in [0.3, 0.4) is 0 Å². The fourth-order valence-corrected chi connectivity index (χ4v) is 1.95. The van der Waals surface area contributed by atoms with E-state index in [1.807, 2.05) is 25.5 Å². The maximum absolute atomic E-state index is 4.14. The Morgan fingerprint density at radius 2 is 2.54 bits per heavy atom. The lowest BCUT2D eigenvalue weighted by Gasteiger charge is -2.22. The molecule has 0 unspecified atom stereocenters. The minimum atomic E-state index is 0.513. The van der Waals surface area contributed by atoms with E-state index in [1.165, 1.54) is 18.4 Å². The summed E-state index contributed by atoms with van der Waals surface area (Å²) in [6.45, 7) is 1.13. The first-order valence-corrected chi connectivity index (χ1v) is 4.76. The second kappa shape index (κ2) is 3.85. The molecule has 0 spiro atoms. The Morgan fingerprint density at radius 3 is 3.23 bits per heavy atom. The van der Waals surface area contributed by atoms with Gasteiger partial charge in [-0.2, -0.15) is 0 Å². The highest BCUT2D eigenvalue weighted by molar-refractivity contribution is 5.14. The van der Waals surface area contributed by atoms with Crippen molar-refractivity contribution >= 4 is 0 Å². The normalized spacial score (nSPS) is 23.6. The maximum atomic E-state index is 4.14. The number of hydrogen-bond acceptors (Lipinski definition) is 3. The van der Waals surface area contributed by atoms with E-state index >= 15 is 0 Å². The van der Waals surface area contributed by atoms with Crippen molar-refractivity contribution in [1.82, 2.24) is 15.4 Å². The van der Waals surface area contributed by atoms with Crippen molar-refractivity contribution in [2.75, 3.05) is 13.6 Å². The molecule has 1 aromatic heterocycles. The molecule has 1 atom stereocenters. The van der Waals surface area contributed by atoms with Gasteiger partial charge in [0.15, 0.2) is 0 Å². The summed E-state index contributed by atoms with van der Waals surface area (Å²) < 4.78 is 0. The second-order valence-corrected chi connectivity index (χ2v) is 3.36. The molecule has 1 aliphatic rings. The Kier molecular flexibility index (Phi) is 2.57. The molecule has 1 fully saturated rings. The molecule has 1 N–H and O–H groups in total. The highest BCUT2D eigenvalue weighted by Gasteiger charge is 2.24. The van der Waals surface area contributed by atoms with Gasteiger partial charge in [0.25, 0.3) is 0 Å². The van der Waals surface area contributed by atoms with Crippen LogP contribution in [0, 0.1) is 0 Å². The Balaban J connectivity index is 2.16. The van der Waals surface area contributed by atoms with Gasteiger partial charge in [0, 0.05) is 18.9 Å². The van der Waals surface area contributed by atoms with Crippen molar-refractivity contribution in [1.29, 1.82) is 0 Å². The van der Waals surface area contributed by atoms with Crippen LogP contribution in [0.2, 0.25) is 0 Å². The zero-order valence-electron chi connectivity index (χ0n) is 7.90. The van der Waals surface area contributed by atoms with Gasteiger partial charge in [0.1, 0.15) is 0 Å². The van der Waals surface area contributed by atoms with E-state index in [0.717, 1.165) is 6.54 Å². The van der Waals surface area contributed by atoms with E-state index in [0.29, 0.717) is 6.04 Å². The van der Waals surface area contributed by atoms with Crippen molar-refractivity contribution in [3.63, 3.8) is 0 Å². The van der Waals surface area contributed by atoms with Gasteiger partial charge in [-0.1, -0.05) is 6.07 Å². The molecule has 0 aliphatic carbocycles. The minimum Gasteiger partial charge on any atom is -0.264 e. The fraction of sp³-hybridized carbons (Fsp3) is 0.500. The zero-order chi connectivity index (χ0) is 9.10. The van der Waals surface area contributed by atoms with Gasteiger partial charge in [-0.05, 0) is 31.5 Å². The van der Waals surface area contributed by atoms with Crippen LogP contribution in [-0.2, 0) is 0 Å². The summed E-state index contributed by atoms with van der Waals surface area (Å²) in [5, 5.41) is 2.27. The first-order chi connectivity index (χ1) is 6.42. The molecule has 3 heteroatoms. The Labute approximate surface area is 78.7 Å². The molecule has 1 aromatic rings. The molecular formula is C10H15N3. The van der Waals surface area contributed by atoms with E-state index in [-0.39, 0.29) is 0 Å². The van der Waals surface area contributed by atoms with Crippen LogP contribution in [0.1, 0.15) is 24.4 Å². The summed E-state index contributed by atoms with van der Waals surface area (Å²) >= 11 is 0. The average Bonchev–Trinajstić information content (AvgIpc) is 2.67. The SMILES string of the molecule is CNN1CCC[C@@H]1c1cccnc1. The minimum absolute atomic E-state index is 0.513. The lowest BCUT2D eigenvalue weighted by molar-refractivity contribution is 0.190. The van der Waals surface area contributed by atoms with Crippen LogP contribution in [0.5, 0.6) is 0 Å². The molecule has 0 saturated carbocycles. The number of hydrazine groups is 1. The van der Waals surface area contributed by atoms with Crippen molar-refractivity contribution < 1.29 is 0 Å². The van der Waals surface area contributed by atoms with Gasteiger partial charge in [-0.25, -0.2) is 5.01 Å². The predicted octanol–water partition coefficient (Wildman–Crippen LogP) is 1.35. The summed E-state index contributed by atoms with van der Waals surface area (Å²) in [5.41, 5.74) is 4.53. The van der Waals surface area contributed by atoms with Gasteiger partial charge < -0.3 is 0 Å². The average molecular weight is 177 g/mol. The van der Waals surface area contributed by atoms with E-state index < -0.39 is 0 Å². The maximum Gasteiger partial charge on any atom is 0.0508 e. The van der Waals surface area contributed by atoms with Gasteiger partial charge in [0.2, 0.25) is 0 Å². The monoisotopic (exact) mass is 177 g/mol. The fourth-order valence-electron chi connectivity index (χ4n) is 1.95. The van der Waals surface area contributed by atoms with Crippen LogP contribution in [0.25, 0.3) is 0 Å². The Hall–Kier alpha value is -0.930. The summed E-state index contributed by atoms with van der Waals surface area (Å²) in [7, 11) is 1.98. The number of nitrogens with one attached hydrogen (secondary N) is 1. The first kappa shape index (κ1) is 8.66. The lowest BCUT2D eigenvalue weighted by Crippen LogP contribution is -2.34. The van der Waals surface area contributed by atoms with Crippen molar-refractivity contribution in [3.05, 3.63) is 30.1 Å². The standard InChI is InChI=1S/C10H15N3/c1-11-13-7-3-5-10(13)9-4-2-6-12-8-9/h2,4,6,8,10-11H,3,5,7H2,1H3/t10-/m1/s1. The summed E-state index contributed by atoms with van der Waals surface area (Å²) in [5.74, 6) is 0. The molecule has 0 amide bonds. The molecule has 13 heavy (non-hydrogen) atoms. The van der Waals surface area contributed by atoms with E-state index in [2.05, 4.69) is 21.5 Å². The van der Waals surface area contributed by atoms with Gasteiger partial charge >= 0.3 is 0 Å². The molecule has 2 rings (SSSR count). The number of aromatic nitrogens is 1. The van der Waals surface area contributed by atoms with Gasteiger partial charge in [-0.15, -0.1) is 0 Å². The van der Waals surface area contributed by atoms with Crippen molar-refractivity contribution in [2.24, 2.45) is 0 Å². The Bertz CT molecular complexity index is 260. The third-order valence-corrected chi connectivity index (χ3v) is 2.61. The van der Waals surface area contributed by atoms with Crippen LogP contribution in [0.4, 0.5) is 0 Å². The summed E-state index contributed by atoms with van der Waals surface area (Å²) in [6.07, 6.45) is 6.27. The molecule has 1 saturated heterocycles. The molecular weight excluding hydrogens is 162 g/mol. The van der Waals surface area contributed by atoms with Crippen molar-refractivity contribution in [3.8, 4) is 0 Å². The summed E-state index contributed by atoms with van der Waals surface area (Å²) in [4.78, 5) is 4.14. The number of hydrogen-bond donors (Lipinski definition) is 1. The Morgan fingerprint density at radius 1 is 1.62 bits per heavy atom. The number of nitrogens with zero attached hydrogens (tertiary/aromatic N) is 2. The topological polar surface area (TPSA) is 28.2 Å². The second-order valence-electron chi connectivity index (χ2n) is 3.36. The van der Waals surface area contributed by atoms with Crippen LogP contribution in [-0.4, -0.2) is 23.6 Å². The molecule has 1 aliphatic heterocycles. The first-order valence-electron chi connectivity index (χ1n) is 4.76. The van der Waals surface area contributed by atoms with Crippen LogP contribution in [0.15, 0.2) is 24.5 Å². The van der Waals surface area contributed by atoms with E-state index in [9.17, 15) is 0 Å². The highest BCUT2D eigenvalue weighted by Crippen LogP contribution is 2.28. The quantitative estimate of drug-likeness (QED) is 0.739. The molecule has 3 nitrogen and oxygen atoms in total. The number of rotatable bonds is 2. The lowest BCUT2D eigenvalue weighted by atomic mass is 10.1. The molecule has 0 aromatic carbocycles. The van der Waals surface area contributed by atoms with Crippen LogP contribution < -0.4 is 5.43 Å². The van der Waals surface area contributed by atoms with E-state index in [4.69, 9.17) is 0 Å². The predicted molar refractivity (Wildman–Crippen MR) is 52.0 cm³/mol. The highest BCUT2D eigenvalue weighted by atomic mass is 15.5. The van der Waals surface area contributed by atoms with E-state index in [1.54, 1.807) is 0 Å².